The van der Waals surface area contributed by atoms with E-state index in [1.165, 1.54) is 28.8 Å². The van der Waals surface area contributed by atoms with Crippen LogP contribution in [0.3, 0.4) is 0 Å². The van der Waals surface area contributed by atoms with Gasteiger partial charge >= 0.3 is 5.97 Å². The van der Waals surface area contributed by atoms with Gasteiger partial charge in [-0.2, -0.15) is 0 Å². The van der Waals surface area contributed by atoms with E-state index < -0.39 is 22.5 Å². The highest BCUT2D eigenvalue weighted by atomic mass is 79.9. The number of phenolic OH excluding ortho intramolecular Hbond substituents is 1. The molecule has 0 radical (unpaired) electrons. The van der Waals surface area contributed by atoms with Crippen molar-refractivity contribution in [2.24, 2.45) is 4.99 Å². The number of nitro benzene ring substituents is 1. The summed E-state index contributed by atoms with van der Waals surface area (Å²) in [7, 11) is 0. The molecule has 13 heteroatoms. The highest BCUT2D eigenvalue weighted by Gasteiger charge is 2.35. The number of carbonyl (C=O) groups excluding carboxylic acids is 1. The number of fused-ring (bicyclic) bond motifs is 1. The van der Waals surface area contributed by atoms with E-state index >= 15 is 0 Å². The van der Waals surface area contributed by atoms with Crippen molar-refractivity contribution < 1.29 is 24.0 Å². The first-order chi connectivity index (χ1) is 19.1. The van der Waals surface area contributed by atoms with Gasteiger partial charge in [-0.05, 0) is 56.3 Å². The predicted octanol–water partition coefficient (Wildman–Crippen LogP) is 5.09. The summed E-state index contributed by atoms with van der Waals surface area (Å²) in [5.41, 5.74) is 0.499. The highest BCUT2D eigenvalue weighted by Crippen LogP contribution is 2.37. The Kier molecular flexibility index (Phi) is 7.49. The Morgan fingerprint density at radius 3 is 2.80 bits per heavy atom. The van der Waals surface area contributed by atoms with Gasteiger partial charge in [0.25, 0.3) is 11.2 Å². The molecular weight excluding hydrogens is 626 g/mol. The molecule has 1 atom stereocenters. The first-order valence-electron chi connectivity index (χ1n) is 11.8. The van der Waals surface area contributed by atoms with Crippen molar-refractivity contribution in [2.75, 3.05) is 6.61 Å². The van der Waals surface area contributed by atoms with Crippen LogP contribution in [0.2, 0.25) is 5.02 Å². The third-order valence-corrected chi connectivity index (χ3v) is 7.92. The van der Waals surface area contributed by atoms with Gasteiger partial charge in [0, 0.05) is 27.7 Å². The lowest BCUT2D eigenvalue weighted by Gasteiger charge is -2.22. The average molecular weight is 645 g/mol. The molecule has 1 N–H and O–H groups in total. The van der Waals surface area contributed by atoms with Crippen molar-refractivity contribution in [1.29, 1.82) is 0 Å². The number of furan rings is 1. The zero-order valence-electron chi connectivity index (χ0n) is 20.9. The Morgan fingerprint density at radius 1 is 1.30 bits per heavy atom. The highest BCUT2D eigenvalue weighted by molar-refractivity contribution is 9.10. The van der Waals surface area contributed by atoms with E-state index in [1.54, 1.807) is 44.2 Å². The maximum Gasteiger partial charge on any atom is 0.338 e. The van der Waals surface area contributed by atoms with Crippen LogP contribution >= 0.6 is 38.9 Å². The van der Waals surface area contributed by atoms with Crippen LogP contribution in [0.15, 0.2) is 78.5 Å². The summed E-state index contributed by atoms with van der Waals surface area (Å²) in [6.07, 6.45) is 1.54. The number of thiazole rings is 1. The van der Waals surface area contributed by atoms with E-state index in [4.69, 9.17) is 20.8 Å². The van der Waals surface area contributed by atoms with Crippen LogP contribution in [0, 0.1) is 10.1 Å². The quantitative estimate of drug-likeness (QED) is 0.175. The van der Waals surface area contributed by atoms with Gasteiger partial charge in [0.2, 0.25) is 0 Å². The van der Waals surface area contributed by atoms with Crippen molar-refractivity contribution in [3.8, 4) is 17.1 Å². The smallest absolute Gasteiger partial charge is 0.338 e. The largest absolute Gasteiger partial charge is 0.507 e. The van der Waals surface area contributed by atoms with E-state index in [9.17, 15) is 24.8 Å². The number of hydrogen-bond acceptors (Lipinski definition) is 9. The number of esters is 1. The molecule has 2 aromatic heterocycles. The van der Waals surface area contributed by atoms with E-state index in [-0.39, 0.29) is 50.3 Å². The molecule has 3 heterocycles. The van der Waals surface area contributed by atoms with E-state index in [2.05, 4.69) is 20.9 Å². The van der Waals surface area contributed by atoms with Crippen LogP contribution in [-0.2, 0) is 9.53 Å². The molecule has 0 unspecified atom stereocenters. The van der Waals surface area contributed by atoms with E-state index in [0.29, 0.717) is 20.5 Å². The minimum Gasteiger partial charge on any atom is -0.507 e. The maximum absolute atomic E-state index is 13.8. The normalized spacial score (nSPS) is 15.1. The number of ether oxygens (including phenoxy) is 1. The van der Waals surface area contributed by atoms with Gasteiger partial charge in [0.15, 0.2) is 4.80 Å². The SMILES string of the molecule is CCOC(=O)C1=C(C)N=c2s/c(=C\c3cc(Br)ccc3O)c(=O)n2[C@@H]1c1ccc(-c2cc([N+](=O)[O-])ccc2Cl)o1. The third-order valence-electron chi connectivity index (χ3n) is 6.12. The molecule has 0 saturated heterocycles. The van der Waals surface area contributed by atoms with Gasteiger partial charge < -0.3 is 14.3 Å². The molecule has 0 aliphatic carbocycles. The lowest BCUT2D eigenvalue weighted by atomic mass is 10.0. The van der Waals surface area contributed by atoms with Crippen molar-refractivity contribution in [1.82, 2.24) is 4.57 Å². The van der Waals surface area contributed by atoms with E-state index in [0.717, 1.165) is 11.3 Å². The lowest BCUT2D eigenvalue weighted by molar-refractivity contribution is -0.384. The van der Waals surface area contributed by atoms with Crippen molar-refractivity contribution in [3.63, 3.8) is 0 Å². The maximum atomic E-state index is 13.8. The fourth-order valence-electron chi connectivity index (χ4n) is 4.30. The summed E-state index contributed by atoms with van der Waals surface area (Å²) in [5, 5.41) is 21.8. The number of benzene rings is 2. The number of hydrogen-bond donors (Lipinski definition) is 1. The standard InChI is InChI=1S/C27H19BrClN3O7S/c1-3-38-26(35)23-13(2)30-27-31(25(34)22(40-27)11-14-10-15(28)4-7-19(14)33)24(23)21-9-8-20(39-21)17-12-16(32(36)37)5-6-18(17)29/h4-12,24,33H,3H2,1-2H3/b22-11-/t24-/m1/s1. The van der Waals surface area contributed by atoms with Gasteiger partial charge in [-0.25, -0.2) is 9.79 Å². The molecule has 5 rings (SSSR count). The predicted molar refractivity (Wildman–Crippen MR) is 152 cm³/mol. The summed E-state index contributed by atoms with van der Waals surface area (Å²) >= 11 is 10.8. The summed E-state index contributed by atoms with van der Waals surface area (Å²) in [6.45, 7) is 3.40. The zero-order valence-corrected chi connectivity index (χ0v) is 24.0. The Balaban J connectivity index is 1.71. The minimum atomic E-state index is -1.04. The van der Waals surface area contributed by atoms with Crippen molar-refractivity contribution in [2.45, 2.75) is 19.9 Å². The van der Waals surface area contributed by atoms with Crippen LogP contribution in [0.1, 0.15) is 31.2 Å². The van der Waals surface area contributed by atoms with Gasteiger partial charge in [0.05, 0.1) is 32.4 Å². The number of allylic oxidation sites excluding steroid dienone is 1. The molecule has 1 aliphatic heterocycles. The number of nitrogens with zero attached hydrogens (tertiary/aromatic N) is 3. The van der Waals surface area contributed by atoms with Crippen LogP contribution in [0.5, 0.6) is 5.75 Å². The molecule has 0 spiro atoms. The average Bonchev–Trinajstić information content (AvgIpc) is 3.50. The van der Waals surface area contributed by atoms with Crippen molar-refractivity contribution in [3.05, 3.63) is 110 Å². The second kappa shape index (κ2) is 10.9. The molecule has 40 heavy (non-hydrogen) atoms. The molecule has 0 fully saturated rings. The first-order valence-corrected chi connectivity index (χ1v) is 13.8. The van der Waals surface area contributed by atoms with Crippen LogP contribution in [-0.4, -0.2) is 27.2 Å². The van der Waals surface area contributed by atoms with Crippen LogP contribution in [0.4, 0.5) is 5.69 Å². The second-order valence-electron chi connectivity index (χ2n) is 8.63. The molecule has 0 bridgehead atoms. The molecule has 204 valence electrons. The Bertz CT molecular complexity index is 1910. The Hall–Kier alpha value is -4.00. The topological polar surface area (TPSA) is 137 Å². The fourth-order valence-corrected chi connectivity index (χ4v) is 5.93. The Morgan fingerprint density at radius 2 is 2.08 bits per heavy atom. The summed E-state index contributed by atoms with van der Waals surface area (Å²) in [4.78, 5) is 42.5. The van der Waals surface area contributed by atoms with Crippen LogP contribution in [0.25, 0.3) is 17.4 Å². The van der Waals surface area contributed by atoms with Gasteiger partial charge in [0.1, 0.15) is 23.3 Å². The number of nitro groups is 1. The lowest BCUT2D eigenvalue weighted by Crippen LogP contribution is -2.39. The number of halogens is 2. The number of rotatable bonds is 6. The van der Waals surface area contributed by atoms with Gasteiger partial charge in [-0.15, -0.1) is 0 Å². The number of aromatic hydroxyl groups is 1. The van der Waals surface area contributed by atoms with Crippen LogP contribution < -0.4 is 14.9 Å². The summed E-state index contributed by atoms with van der Waals surface area (Å²) < 4.78 is 13.7. The fraction of sp³-hybridized carbons (Fsp3) is 0.148. The van der Waals surface area contributed by atoms with Crippen molar-refractivity contribution >= 4 is 56.6 Å². The molecule has 0 saturated carbocycles. The zero-order chi connectivity index (χ0) is 28.7. The number of non-ortho nitro benzene ring substituents is 1. The minimum absolute atomic E-state index is 0.0153. The molecule has 10 nitrogen and oxygen atoms in total. The number of phenols is 1. The van der Waals surface area contributed by atoms with Gasteiger partial charge in [-0.1, -0.05) is 38.9 Å². The van der Waals surface area contributed by atoms with Gasteiger partial charge in [-0.3, -0.25) is 19.5 Å². The summed E-state index contributed by atoms with van der Waals surface area (Å²) in [6, 6.07) is 10.9. The third kappa shape index (κ3) is 5.01. The number of carbonyl (C=O) groups is 1. The Labute approximate surface area is 243 Å². The first kappa shape index (κ1) is 27.6. The monoisotopic (exact) mass is 643 g/mol. The second-order valence-corrected chi connectivity index (χ2v) is 11.0. The van der Waals surface area contributed by atoms with E-state index in [1.807, 2.05) is 0 Å². The number of aromatic nitrogens is 1. The summed E-state index contributed by atoms with van der Waals surface area (Å²) in [5.74, 6) is -0.270. The molecule has 0 amide bonds. The molecule has 1 aliphatic rings. The molecular formula is C27H19BrClN3O7S. The molecule has 4 aromatic rings. The molecule has 2 aromatic carbocycles.